The Labute approximate surface area is 161 Å². The monoisotopic (exact) mass is 367 g/mol. The minimum atomic E-state index is -0.221. The molecule has 0 amide bonds. The molecular weight excluding hydrogens is 350 g/mol. The third-order valence-corrected chi connectivity index (χ3v) is 5.26. The van der Waals surface area contributed by atoms with E-state index in [1.807, 2.05) is 41.0 Å². The van der Waals surface area contributed by atoms with Crippen molar-refractivity contribution in [3.05, 3.63) is 82.4 Å². The molecule has 4 aromatic rings. The molecule has 0 saturated carbocycles. The van der Waals surface area contributed by atoms with E-state index in [4.69, 9.17) is 0 Å². The fraction of sp³-hybridized carbons (Fsp3) is 0.136. The van der Waals surface area contributed by atoms with E-state index in [9.17, 15) is 10.1 Å². The molecular formula is C22H17N5O. The molecule has 5 rings (SSSR count). The molecule has 6 nitrogen and oxygen atoms in total. The summed E-state index contributed by atoms with van der Waals surface area (Å²) in [6.45, 7) is 2.09. The van der Waals surface area contributed by atoms with E-state index >= 15 is 0 Å². The van der Waals surface area contributed by atoms with Crippen molar-refractivity contribution in [2.75, 3.05) is 11.4 Å². The van der Waals surface area contributed by atoms with Crippen molar-refractivity contribution in [3.8, 4) is 17.3 Å². The molecule has 2 aromatic heterocycles. The molecule has 1 N–H and O–H groups in total. The quantitative estimate of drug-likeness (QED) is 0.590. The van der Waals surface area contributed by atoms with Crippen LogP contribution in [0.3, 0.4) is 0 Å². The molecule has 0 bridgehead atoms. The SMILES string of the molecule is N#Cc1c2n(c3c(=O)[nH]cnc13)CCN(Cc1ccccc1)c1ccccc1-2. The topological polar surface area (TPSA) is 77.7 Å². The normalized spacial score (nSPS) is 12.9. The van der Waals surface area contributed by atoms with Gasteiger partial charge in [0.05, 0.1) is 12.0 Å². The van der Waals surface area contributed by atoms with Gasteiger partial charge in [0.1, 0.15) is 22.7 Å². The maximum absolute atomic E-state index is 12.5. The third-order valence-electron chi connectivity index (χ3n) is 5.26. The molecule has 28 heavy (non-hydrogen) atoms. The molecule has 136 valence electrons. The van der Waals surface area contributed by atoms with Crippen LogP contribution in [0.5, 0.6) is 0 Å². The van der Waals surface area contributed by atoms with Crippen LogP contribution in [0.4, 0.5) is 5.69 Å². The molecule has 0 saturated heterocycles. The number of benzene rings is 2. The van der Waals surface area contributed by atoms with Gasteiger partial charge in [-0.25, -0.2) is 4.98 Å². The second kappa shape index (κ2) is 6.39. The first-order valence-corrected chi connectivity index (χ1v) is 9.16. The highest BCUT2D eigenvalue weighted by atomic mass is 16.1. The van der Waals surface area contributed by atoms with Crippen molar-refractivity contribution >= 4 is 16.7 Å². The number of nitriles is 1. The van der Waals surface area contributed by atoms with Gasteiger partial charge >= 0.3 is 0 Å². The first-order valence-electron chi connectivity index (χ1n) is 9.16. The molecule has 0 spiro atoms. The average molecular weight is 367 g/mol. The molecule has 0 aliphatic carbocycles. The number of rotatable bonds is 2. The van der Waals surface area contributed by atoms with E-state index in [-0.39, 0.29) is 5.56 Å². The van der Waals surface area contributed by atoms with Gasteiger partial charge in [0.2, 0.25) is 0 Å². The van der Waals surface area contributed by atoms with Gasteiger partial charge < -0.3 is 14.5 Å². The van der Waals surface area contributed by atoms with Gasteiger partial charge in [-0.1, -0.05) is 48.5 Å². The fourth-order valence-electron chi connectivity index (χ4n) is 4.05. The second-order valence-corrected chi connectivity index (χ2v) is 6.84. The number of anilines is 1. The molecule has 0 radical (unpaired) electrons. The fourth-order valence-corrected chi connectivity index (χ4v) is 4.05. The Kier molecular flexibility index (Phi) is 3.73. The van der Waals surface area contributed by atoms with Gasteiger partial charge in [-0.2, -0.15) is 5.26 Å². The highest BCUT2D eigenvalue weighted by molar-refractivity contribution is 5.94. The van der Waals surface area contributed by atoms with Crippen LogP contribution in [0.15, 0.2) is 65.7 Å². The van der Waals surface area contributed by atoms with Gasteiger partial charge in [-0.15, -0.1) is 0 Å². The van der Waals surface area contributed by atoms with Crippen molar-refractivity contribution in [3.63, 3.8) is 0 Å². The van der Waals surface area contributed by atoms with Gasteiger partial charge in [0.15, 0.2) is 0 Å². The van der Waals surface area contributed by atoms with Gasteiger partial charge in [-0.05, 0) is 11.6 Å². The summed E-state index contributed by atoms with van der Waals surface area (Å²) < 4.78 is 1.95. The van der Waals surface area contributed by atoms with E-state index in [2.05, 4.69) is 39.1 Å². The van der Waals surface area contributed by atoms with Crippen molar-refractivity contribution in [1.82, 2.24) is 14.5 Å². The average Bonchev–Trinajstić information content (AvgIpc) is 2.98. The zero-order chi connectivity index (χ0) is 19.1. The first-order chi connectivity index (χ1) is 13.8. The molecule has 1 aliphatic heterocycles. The Hall–Kier alpha value is -3.85. The van der Waals surface area contributed by atoms with Crippen LogP contribution in [0.2, 0.25) is 0 Å². The number of nitrogens with zero attached hydrogens (tertiary/aromatic N) is 4. The molecule has 0 atom stereocenters. The maximum Gasteiger partial charge on any atom is 0.275 e. The van der Waals surface area contributed by atoms with Gasteiger partial charge in [0.25, 0.3) is 5.56 Å². The summed E-state index contributed by atoms with van der Waals surface area (Å²) in [5, 5.41) is 9.86. The van der Waals surface area contributed by atoms with E-state index < -0.39 is 0 Å². The maximum atomic E-state index is 12.5. The van der Waals surface area contributed by atoms with E-state index in [0.29, 0.717) is 23.1 Å². The Bertz CT molecular complexity index is 1280. The van der Waals surface area contributed by atoms with Crippen LogP contribution in [0, 0.1) is 11.3 Å². The molecule has 3 heterocycles. The molecule has 0 unspecified atom stereocenters. The molecule has 0 fully saturated rings. The first kappa shape index (κ1) is 16.3. The Morgan fingerprint density at radius 1 is 1.07 bits per heavy atom. The number of hydrogen-bond donors (Lipinski definition) is 1. The zero-order valence-electron chi connectivity index (χ0n) is 15.1. The Morgan fingerprint density at radius 3 is 2.68 bits per heavy atom. The van der Waals surface area contributed by atoms with E-state index in [1.54, 1.807) is 0 Å². The standard InChI is InChI=1S/C22H17N5O/c23-12-17-19-21(22(28)25-14-24-19)27-11-10-26(13-15-6-2-1-3-7-15)18-9-5-4-8-16(18)20(17)27/h1-9,14H,10-11,13H2,(H,24,25,28). The zero-order valence-corrected chi connectivity index (χ0v) is 15.1. The summed E-state index contributed by atoms with van der Waals surface area (Å²) >= 11 is 0. The second-order valence-electron chi connectivity index (χ2n) is 6.84. The predicted molar refractivity (Wildman–Crippen MR) is 108 cm³/mol. The lowest BCUT2D eigenvalue weighted by Gasteiger charge is -2.25. The summed E-state index contributed by atoms with van der Waals surface area (Å²) in [7, 11) is 0. The molecule has 2 aromatic carbocycles. The lowest BCUT2D eigenvalue weighted by molar-refractivity contribution is 0.685. The van der Waals surface area contributed by atoms with Crippen molar-refractivity contribution in [1.29, 1.82) is 5.26 Å². The van der Waals surface area contributed by atoms with Crippen LogP contribution in [-0.2, 0) is 13.1 Å². The van der Waals surface area contributed by atoms with Gasteiger partial charge in [0, 0.05) is 30.9 Å². The number of para-hydroxylation sites is 1. The van der Waals surface area contributed by atoms with Crippen LogP contribution in [-0.4, -0.2) is 21.1 Å². The summed E-state index contributed by atoms with van der Waals surface area (Å²) in [5.41, 5.74) is 5.15. The van der Waals surface area contributed by atoms with Crippen LogP contribution < -0.4 is 10.5 Å². The Morgan fingerprint density at radius 2 is 1.86 bits per heavy atom. The largest absolute Gasteiger partial charge is 0.365 e. The summed E-state index contributed by atoms with van der Waals surface area (Å²) in [4.78, 5) is 21.8. The summed E-state index contributed by atoms with van der Waals surface area (Å²) in [6, 6.07) is 20.6. The van der Waals surface area contributed by atoms with Crippen LogP contribution in [0.25, 0.3) is 22.3 Å². The smallest absolute Gasteiger partial charge is 0.275 e. The molecule has 6 heteroatoms. The van der Waals surface area contributed by atoms with Crippen molar-refractivity contribution in [2.24, 2.45) is 0 Å². The lowest BCUT2D eigenvalue weighted by atomic mass is 10.0. The lowest BCUT2D eigenvalue weighted by Crippen LogP contribution is -2.26. The highest BCUT2D eigenvalue weighted by Crippen LogP contribution is 2.39. The minimum absolute atomic E-state index is 0.221. The summed E-state index contributed by atoms with van der Waals surface area (Å²) in [5.74, 6) is 0. The van der Waals surface area contributed by atoms with Crippen molar-refractivity contribution < 1.29 is 0 Å². The Balaban J connectivity index is 1.75. The number of hydrogen-bond acceptors (Lipinski definition) is 4. The number of fused-ring (bicyclic) bond motifs is 5. The van der Waals surface area contributed by atoms with E-state index in [0.717, 1.165) is 30.0 Å². The van der Waals surface area contributed by atoms with E-state index in [1.165, 1.54) is 11.9 Å². The number of H-pyrrole nitrogens is 1. The number of aromatic amines is 1. The number of aromatic nitrogens is 3. The number of nitrogens with one attached hydrogen (secondary N) is 1. The summed E-state index contributed by atoms with van der Waals surface area (Å²) in [6.07, 6.45) is 1.36. The third kappa shape index (κ3) is 2.41. The van der Waals surface area contributed by atoms with Crippen LogP contribution in [0.1, 0.15) is 11.1 Å². The van der Waals surface area contributed by atoms with Crippen LogP contribution >= 0.6 is 0 Å². The predicted octanol–water partition coefficient (Wildman–Crippen LogP) is 3.28. The van der Waals surface area contributed by atoms with Gasteiger partial charge in [-0.3, -0.25) is 4.79 Å². The minimum Gasteiger partial charge on any atom is -0.365 e. The van der Waals surface area contributed by atoms with Crippen molar-refractivity contribution in [2.45, 2.75) is 13.1 Å². The molecule has 1 aliphatic rings. The highest BCUT2D eigenvalue weighted by Gasteiger charge is 2.27.